The van der Waals surface area contributed by atoms with Crippen LogP contribution in [0, 0.1) is 0 Å². The molecule has 7 nitrogen and oxygen atoms in total. The first-order valence-corrected chi connectivity index (χ1v) is 8.72. The minimum absolute atomic E-state index is 0.190. The summed E-state index contributed by atoms with van der Waals surface area (Å²) in [6.07, 6.45) is -1.04. The average molecular weight is 354 g/mol. The van der Waals surface area contributed by atoms with E-state index in [2.05, 4.69) is 32.6 Å². The van der Waals surface area contributed by atoms with Crippen LogP contribution in [0.5, 0.6) is 5.75 Å². The van der Waals surface area contributed by atoms with Crippen LogP contribution in [-0.4, -0.2) is 54.2 Å². The summed E-state index contributed by atoms with van der Waals surface area (Å²) in [6, 6.07) is 16.4. The molecule has 2 aliphatic rings. The number of carbonyl (C=O) groups is 1. The number of para-hydroxylation sites is 1. The standard InChI is InChI=1S/C19H22N4O3/c24-15-8-4-7-14(11-15)23-10-9-22(13-5-2-1-3-6-13)12-16(23)17-18(25)21-19(26)20-17/h1-8,11,16-17,19-20,24,26H,9-10,12H2,(H,21,25). The molecule has 7 heteroatoms. The van der Waals surface area contributed by atoms with Crippen molar-refractivity contribution in [2.45, 2.75) is 18.4 Å². The van der Waals surface area contributed by atoms with Crippen LogP contribution in [-0.2, 0) is 4.79 Å². The van der Waals surface area contributed by atoms with E-state index in [-0.39, 0.29) is 17.7 Å². The molecular weight excluding hydrogens is 332 g/mol. The van der Waals surface area contributed by atoms with Crippen molar-refractivity contribution in [3.05, 3.63) is 54.6 Å². The van der Waals surface area contributed by atoms with Gasteiger partial charge >= 0.3 is 0 Å². The van der Waals surface area contributed by atoms with Gasteiger partial charge in [-0.05, 0) is 24.3 Å². The summed E-state index contributed by atoms with van der Waals surface area (Å²) < 4.78 is 0. The molecule has 2 aliphatic heterocycles. The number of piperazine rings is 1. The number of nitrogens with zero attached hydrogens (tertiary/aromatic N) is 2. The Hall–Kier alpha value is -2.77. The lowest BCUT2D eigenvalue weighted by molar-refractivity contribution is -0.121. The maximum Gasteiger partial charge on any atom is 0.242 e. The SMILES string of the molecule is O=C1NC(O)NC1C1CN(c2ccccc2)CCN1c1cccc(O)c1. The first-order valence-electron chi connectivity index (χ1n) is 8.72. The van der Waals surface area contributed by atoms with E-state index in [9.17, 15) is 15.0 Å². The van der Waals surface area contributed by atoms with Gasteiger partial charge in [0.05, 0.1) is 6.04 Å². The second-order valence-electron chi connectivity index (χ2n) is 6.62. The number of aliphatic hydroxyl groups is 1. The molecule has 3 atom stereocenters. The Morgan fingerprint density at radius 3 is 2.46 bits per heavy atom. The number of aromatic hydroxyl groups is 1. The number of aliphatic hydroxyl groups excluding tert-OH is 1. The highest BCUT2D eigenvalue weighted by Gasteiger charge is 2.42. The van der Waals surface area contributed by atoms with Gasteiger partial charge in [-0.15, -0.1) is 0 Å². The fourth-order valence-corrected chi connectivity index (χ4v) is 3.76. The smallest absolute Gasteiger partial charge is 0.242 e. The topological polar surface area (TPSA) is 88.1 Å². The van der Waals surface area contributed by atoms with Gasteiger partial charge < -0.3 is 25.3 Å². The largest absolute Gasteiger partial charge is 0.508 e. The summed E-state index contributed by atoms with van der Waals surface area (Å²) >= 11 is 0. The predicted octanol–water partition coefficient (Wildman–Crippen LogP) is 0.451. The molecule has 0 aliphatic carbocycles. The van der Waals surface area contributed by atoms with Crippen LogP contribution in [0.1, 0.15) is 0 Å². The molecule has 2 saturated heterocycles. The van der Waals surface area contributed by atoms with Crippen LogP contribution in [0.4, 0.5) is 11.4 Å². The van der Waals surface area contributed by atoms with Gasteiger partial charge in [0.2, 0.25) is 5.91 Å². The molecule has 1 amide bonds. The Labute approximate surface area is 151 Å². The molecule has 4 rings (SSSR count). The number of phenols is 1. The highest BCUT2D eigenvalue weighted by Crippen LogP contribution is 2.28. The van der Waals surface area contributed by atoms with Crippen molar-refractivity contribution in [2.75, 3.05) is 29.4 Å². The van der Waals surface area contributed by atoms with Gasteiger partial charge in [0, 0.05) is 37.1 Å². The number of anilines is 2. The third kappa shape index (κ3) is 3.18. The second-order valence-corrected chi connectivity index (χ2v) is 6.62. The van der Waals surface area contributed by atoms with Gasteiger partial charge in [-0.2, -0.15) is 0 Å². The molecule has 2 fully saturated rings. The van der Waals surface area contributed by atoms with Crippen LogP contribution < -0.4 is 20.4 Å². The number of benzene rings is 2. The zero-order valence-corrected chi connectivity index (χ0v) is 14.2. The maximum atomic E-state index is 12.3. The molecule has 0 spiro atoms. The lowest BCUT2D eigenvalue weighted by Gasteiger charge is -2.45. The number of nitrogens with one attached hydrogen (secondary N) is 2. The first kappa shape index (κ1) is 16.7. The summed E-state index contributed by atoms with van der Waals surface area (Å²) in [6.45, 7) is 2.12. The van der Waals surface area contributed by atoms with Crippen molar-refractivity contribution in [1.82, 2.24) is 10.6 Å². The number of hydrogen-bond acceptors (Lipinski definition) is 6. The molecule has 4 N–H and O–H groups in total. The van der Waals surface area contributed by atoms with Gasteiger partial charge in [-0.25, -0.2) is 0 Å². The highest BCUT2D eigenvalue weighted by atomic mass is 16.3. The summed E-state index contributed by atoms with van der Waals surface area (Å²) in [4.78, 5) is 16.7. The fraction of sp³-hybridized carbons (Fsp3) is 0.316. The van der Waals surface area contributed by atoms with E-state index < -0.39 is 12.4 Å². The minimum Gasteiger partial charge on any atom is -0.508 e. The van der Waals surface area contributed by atoms with Gasteiger partial charge in [0.15, 0.2) is 6.35 Å². The van der Waals surface area contributed by atoms with Crippen LogP contribution >= 0.6 is 0 Å². The molecule has 0 radical (unpaired) electrons. The Morgan fingerprint density at radius 2 is 1.77 bits per heavy atom. The fourth-order valence-electron chi connectivity index (χ4n) is 3.76. The van der Waals surface area contributed by atoms with E-state index >= 15 is 0 Å². The van der Waals surface area contributed by atoms with Crippen molar-refractivity contribution in [3.8, 4) is 5.75 Å². The van der Waals surface area contributed by atoms with Gasteiger partial charge in [0.25, 0.3) is 0 Å². The molecular formula is C19H22N4O3. The highest BCUT2D eigenvalue weighted by molar-refractivity contribution is 5.85. The maximum absolute atomic E-state index is 12.3. The van der Waals surface area contributed by atoms with E-state index in [4.69, 9.17) is 0 Å². The lowest BCUT2D eigenvalue weighted by Crippen LogP contribution is -2.62. The molecule has 2 aromatic rings. The minimum atomic E-state index is -1.04. The number of phenolic OH excluding ortho intramolecular Hbond substituents is 1. The first-order chi connectivity index (χ1) is 12.6. The second kappa shape index (κ2) is 6.86. The number of amides is 1. The monoisotopic (exact) mass is 354 g/mol. The van der Waals surface area contributed by atoms with E-state index in [1.54, 1.807) is 18.2 Å². The summed E-state index contributed by atoms with van der Waals surface area (Å²) in [5, 5.41) is 25.1. The number of rotatable bonds is 3. The van der Waals surface area contributed by atoms with Gasteiger partial charge in [-0.3, -0.25) is 10.1 Å². The Bertz CT molecular complexity index is 785. The zero-order chi connectivity index (χ0) is 18.1. The van der Waals surface area contributed by atoms with E-state index in [0.717, 1.165) is 17.9 Å². The zero-order valence-electron chi connectivity index (χ0n) is 14.2. The van der Waals surface area contributed by atoms with Crippen LogP contribution in [0.25, 0.3) is 0 Å². The van der Waals surface area contributed by atoms with Crippen molar-refractivity contribution in [2.24, 2.45) is 0 Å². The number of carbonyl (C=O) groups excluding carboxylic acids is 1. The third-order valence-electron chi connectivity index (χ3n) is 4.98. The molecule has 2 aromatic carbocycles. The molecule has 2 heterocycles. The van der Waals surface area contributed by atoms with Crippen molar-refractivity contribution < 1.29 is 15.0 Å². The quantitative estimate of drug-likeness (QED) is 0.640. The van der Waals surface area contributed by atoms with E-state index in [0.29, 0.717) is 13.1 Å². The predicted molar refractivity (Wildman–Crippen MR) is 99.0 cm³/mol. The van der Waals surface area contributed by atoms with Crippen LogP contribution in [0.2, 0.25) is 0 Å². The summed E-state index contributed by atoms with van der Waals surface area (Å²) in [5.74, 6) is -0.0295. The third-order valence-corrected chi connectivity index (χ3v) is 4.98. The van der Waals surface area contributed by atoms with Gasteiger partial charge in [-0.1, -0.05) is 24.3 Å². The van der Waals surface area contributed by atoms with Crippen molar-refractivity contribution in [3.63, 3.8) is 0 Å². The average Bonchev–Trinajstić information content (AvgIpc) is 3.00. The molecule has 0 saturated carbocycles. The van der Waals surface area contributed by atoms with E-state index in [1.165, 1.54) is 0 Å². The number of hydrogen-bond donors (Lipinski definition) is 4. The normalized spacial score (nSPS) is 26.0. The Morgan fingerprint density at radius 1 is 1.00 bits per heavy atom. The molecule has 26 heavy (non-hydrogen) atoms. The lowest BCUT2D eigenvalue weighted by atomic mass is 10.0. The molecule has 136 valence electrons. The summed E-state index contributed by atoms with van der Waals surface area (Å²) in [5.41, 5.74) is 1.96. The van der Waals surface area contributed by atoms with Crippen molar-refractivity contribution >= 4 is 17.3 Å². The van der Waals surface area contributed by atoms with Crippen LogP contribution in [0.3, 0.4) is 0 Å². The molecule has 0 bridgehead atoms. The van der Waals surface area contributed by atoms with Crippen molar-refractivity contribution in [1.29, 1.82) is 0 Å². The Balaban J connectivity index is 1.65. The summed E-state index contributed by atoms with van der Waals surface area (Å²) in [7, 11) is 0. The van der Waals surface area contributed by atoms with Gasteiger partial charge in [0.1, 0.15) is 11.8 Å². The molecule has 3 unspecified atom stereocenters. The van der Waals surface area contributed by atoms with Crippen LogP contribution in [0.15, 0.2) is 54.6 Å². The molecule has 0 aromatic heterocycles. The van der Waals surface area contributed by atoms with E-state index in [1.807, 2.05) is 24.3 Å². The Kier molecular flexibility index (Phi) is 4.40.